The van der Waals surface area contributed by atoms with E-state index in [1.165, 1.54) is 0 Å². The predicted octanol–water partition coefficient (Wildman–Crippen LogP) is 3.48. The number of benzene rings is 2. The highest BCUT2D eigenvalue weighted by Crippen LogP contribution is 2.28. The van der Waals surface area contributed by atoms with Crippen molar-refractivity contribution in [3.63, 3.8) is 0 Å². The van der Waals surface area contributed by atoms with Gasteiger partial charge in [-0.2, -0.15) is 0 Å². The second-order valence-electron chi connectivity index (χ2n) is 4.71. The SMILES string of the molecule is COc1ccc(NCc2ccc(C(N)=O)cc2C)cc1Br. The first-order valence-electron chi connectivity index (χ1n) is 6.48. The molecule has 0 aromatic heterocycles. The van der Waals surface area contributed by atoms with Crippen LogP contribution in [0.15, 0.2) is 40.9 Å². The molecular formula is C16H17BrN2O2. The van der Waals surface area contributed by atoms with Crippen LogP contribution in [0.25, 0.3) is 0 Å². The Morgan fingerprint density at radius 1 is 1.29 bits per heavy atom. The van der Waals surface area contributed by atoms with Gasteiger partial charge in [0.05, 0.1) is 11.6 Å². The van der Waals surface area contributed by atoms with Crippen LogP contribution in [-0.4, -0.2) is 13.0 Å². The van der Waals surface area contributed by atoms with Crippen molar-refractivity contribution in [3.8, 4) is 5.75 Å². The molecule has 110 valence electrons. The molecule has 0 saturated heterocycles. The number of primary amides is 1. The summed E-state index contributed by atoms with van der Waals surface area (Å²) in [5.74, 6) is 0.388. The normalized spacial score (nSPS) is 10.2. The number of hydrogen-bond donors (Lipinski definition) is 2. The highest BCUT2D eigenvalue weighted by Gasteiger charge is 2.05. The van der Waals surface area contributed by atoms with E-state index in [0.717, 1.165) is 27.0 Å². The minimum Gasteiger partial charge on any atom is -0.496 e. The number of amides is 1. The van der Waals surface area contributed by atoms with E-state index in [1.54, 1.807) is 13.2 Å². The molecule has 0 aliphatic rings. The van der Waals surface area contributed by atoms with E-state index in [0.29, 0.717) is 12.1 Å². The maximum atomic E-state index is 11.1. The Hall–Kier alpha value is -2.01. The van der Waals surface area contributed by atoms with Gasteiger partial charge in [-0.15, -0.1) is 0 Å². The quantitative estimate of drug-likeness (QED) is 0.869. The van der Waals surface area contributed by atoms with Crippen LogP contribution in [0.2, 0.25) is 0 Å². The van der Waals surface area contributed by atoms with Gasteiger partial charge in [0, 0.05) is 17.8 Å². The van der Waals surface area contributed by atoms with Crippen molar-refractivity contribution in [2.45, 2.75) is 13.5 Å². The Kier molecular flexibility index (Phi) is 4.85. The van der Waals surface area contributed by atoms with Crippen molar-refractivity contribution in [1.82, 2.24) is 0 Å². The van der Waals surface area contributed by atoms with Crippen molar-refractivity contribution in [3.05, 3.63) is 57.6 Å². The summed E-state index contributed by atoms with van der Waals surface area (Å²) in [6.45, 7) is 2.64. The van der Waals surface area contributed by atoms with Gasteiger partial charge in [0.2, 0.25) is 5.91 Å². The molecular weight excluding hydrogens is 332 g/mol. The lowest BCUT2D eigenvalue weighted by molar-refractivity contribution is 0.1000. The number of carbonyl (C=O) groups is 1. The van der Waals surface area contributed by atoms with Gasteiger partial charge in [-0.05, 0) is 64.3 Å². The van der Waals surface area contributed by atoms with Crippen LogP contribution in [0.5, 0.6) is 5.75 Å². The van der Waals surface area contributed by atoms with Crippen LogP contribution in [-0.2, 0) is 6.54 Å². The van der Waals surface area contributed by atoms with Gasteiger partial charge in [0.1, 0.15) is 5.75 Å². The van der Waals surface area contributed by atoms with Crippen molar-refractivity contribution >= 4 is 27.5 Å². The minimum atomic E-state index is -0.406. The molecule has 0 saturated carbocycles. The van der Waals surface area contributed by atoms with Gasteiger partial charge in [0.15, 0.2) is 0 Å². The molecule has 2 aromatic rings. The number of nitrogens with one attached hydrogen (secondary N) is 1. The first-order valence-corrected chi connectivity index (χ1v) is 7.27. The van der Waals surface area contributed by atoms with Gasteiger partial charge >= 0.3 is 0 Å². The lowest BCUT2D eigenvalue weighted by Gasteiger charge is -2.11. The molecule has 1 amide bonds. The molecule has 0 spiro atoms. The summed E-state index contributed by atoms with van der Waals surface area (Å²) in [6.07, 6.45) is 0. The summed E-state index contributed by atoms with van der Waals surface area (Å²) in [5.41, 5.74) is 8.94. The number of carbonyl (C=O) groups excluding carboxylic acids is 1. The first kappa shape index (κ1) is 15.4. The van der Waals surface area contributed by atoms with E-state index >= 15 is 0 Å². The monoisotopic (exact) mass is 348 g/mol. The van der Waals surface area contributed by atoms with Gasteiger partial charge in [0.25, 0.3) is 0 Å². The number of aryl methyl sites for hydroxylation is 1. The molecule has 0 radical (unpaired) electrons. The Balaban J connectivity index is 2.09. The van der Waals surface area contributed by atoms with Crippen molar-refractivity contribution in [2.24, 2.45) is 5.73 Å². The number of ether oxygens (including phenoxy) is 1. The van der Waals surface area contributed by atoms with Crippen molar-refractivity contribution in [2.75, 3.05) is 12.4 Å². The van der Waals surface area contributed by atoms with E-state index in [9.17, 15) is 4.79 Å². The second kappa shape index (κ2) is 6.63. The lowest BCUT2D eigenvalue weighted by atomic mass is 10.0. The molecule has 0 aliphatic heterocycles. The van der Waals surface area contributed by atoms with E-state index < -0.39 is 5.91 Å². The Morgan fingerprint density at radius 3 is 2.62 bits per heavy atom. The van der Waals surface area contributed by atoms with Gasteiger partial charge in [-0.25, -0.2) is 0 Å². The maximum Gasteiger partial charge on any atom is 0.248 e. The molecule has 0 aliphatic carbocycles. The average Bonchev–Trinajstić information content (AvgIpc) is 2.46. The smallest absolute Gasteiger partial charge is 0.248 e. The molecule has 4 nitrogen and oxygen atoms in total. The second-order valence-corrected chi connectivity index (χ2v) is 5.56. The zero-order chi connectivity index (χ0) is 15.4. The number of anilines is 1. The molecule has 3 N–H and O–H groups in total. The van der Waals surface area contributed by atoms with Gasteiger partial charge in [-0.1, -0.05) is 6.07 Å². The third kappa shape index (κ3) is 3.76. The van der Waals surface area contributed by atoms with Crippen LogP contribution in [0.1, 0.15) is 21.5 Å². The topological polar surface area (TPSA) is 64.3 Å². The molecule has 2 rings (SSSR count). The molecule has 0 bridgehead atoms. The Labute approximate surface area is 132 Å². The number of halogens is 1. The van der Waals surface area contributed by atoms with Crippen LogP contribution < -0.4 is 15.8 Å². The molecule has 2 aromatic carbocycles. The zero-order valence-electron chi connectivity index (χ0n) is 11.9. The first-order chi connectivity index (χ1) is 10.0. The summed E-state index contributed by atoms with van der Waals surface area (Å²) in [7, 11) is 1.64. The third-order valence-electron chi connectivity index (χ3n) is 3.26. The Morgan fingerprint density at radius 2 is 2.05 bits per heavy atom. The fourth-order valence-electron chi connectivity index (χ4n) is 2.02. The fourth-order valence-corrected chi connectivity index (χ4v) is 2.56. The summed E-state index contributed by atoms with van der Waals surface area (Å²) in [5, 5.41) is 3.34. The fraction of sp³-hybridized carbons (Fsp3) is 0.188. The van der Waals surface area contributed by atoms with Gasteiger partial charge in [-0.3, -0.25) is 4.79 Å². The van der Waals surface area contributed by atoms with E-state index in [1.807, 2.05) is 37.3 Å². The molecule has 0 heterocycles. The molecule has 5 heteroatoms. The summed E-state index contributed by atoms with van der Waals surface area (Å²) in [6, 6.07) is 11.3. The van der Waals surface area contributed by atoms with E-state index in [-0.39, 0.29) is 0 Å². The third-order valence-corrected chi connectivity index (χ3v) is 3.88. The molecule has 0 fully saturated rings. The van der Waals surface area contributed by atoms with Crippen LogP contribution in [0.4, 0.5) is 5.69 Å². The number of nitrogens with two attached hydrogens (primary N) is 1. The number of rotatable bonds is 5. The lowest BCUT2D eigenvalue weighted by Crippen LogP contribution is -2.11. The summed E-state index contributed by atoms with van der Waals surface area (Å²) < 4.78 is 6.10. The average molecular weight is 349 g/mol. The largest absolute Gasteiger partial charge is 0.496 e. The van der Waals surface area contributed by atoms with E-state index in [4.69, 9.17) is 10.5 Å². The van der Waals surface area contributed by atoms with Gasteiger partial charge < -0.3 is 15.8 Å². The van der Waals surface area contributed by atoms with Crippen molar-refractivity contribution in [1.29, 1.82) is 0 Å². The number of methoxy groups -OCH3 is 1. The van der Waals surface area contributed by atoms with Crippen LogP contribution in [0.3, 0.4) is 0 Å². The summed E-state index contributed by atoms with van der Waals surface area (Å²) in [4.78, 5) is 11.1. The zero-order valence-corrected chi connectivity index (χ0v) is 13.5. The van der Waals surface area contributed by atoms with E-state index in [2.05, 4.69) is 21.2 Å². The minimum absolute atomic E-state index is 0.406. The van der Waals surface area contributed by atoms with Crippen LogP contribution >= 0.6 is 15.9 Å². The highest BCUT2D eigenvalue weighted by molar-refractivity contribution is 9.10. The molecule has 0 atom stereocenters. The summed E-state index contributed by atoms with van der Waals surface area (Å²) >= 11 is 3.46. The maximum absolute atomic E-state index is 11.1. The molecule has 21 heavy (non-hydrogen) atoms. The standard InChI is InChI=1S/C16H17BrN2O2/c1-10-7-11(16(18)20)3-4-12(10)9-19-13-5-6-15(21-2)14(17)8-13/h3-8,19H,9H2,1-2H3,(H2,18,20). The number of hydrogen-bond acceptors (Lipinski definition) is 3. The Bertz CT molecular complexity index is 671. The molecule has 0 unspecified atom stereocenters. The predicted molar refractivity (Wildman–Crippen MR) is 87.7 cm³/mol. The van der Waals surface area contributed by atoms with Crippen molar-refractivity contribution < 1.29 is 9.53 Å². The van der Waals surface area contributed by atoms with Crippen LogP contribution in [0, 0.1) is 6.92 Å². The highest BCUT2D eigenvalue weighted by atomic mass is 79.9.